The van der Waals surface area contributed by atoms with E-state index in [2.05, 4.69) is 11.4 Å². The van der Waals surface area contributed by atoms with Crippen molar-refractivity contribution in [3.05, 3.63) is 47.3 Å². The van der Waals surface area contributed by atoms with E-state index >= 15 is 0 Å². The number of nitrogens with zero attached hydrogens (tertiary/aromatic N) is 1. The Morgan fingerprint density at radius 1 is 1.13 bits per heavy atom. The summed E-state index contributed by atoms with van der Waals surface area (Å²) < 4.78 is 0. The standard InChI is InChI=1S/C18H20N2O2S/c1-13(21)19-16-8-10-20(11-9-16)18(22)15-6-4-14(5-7-15)17-3-2-12-23-17/h2-7,12,16H,8-11H2,1H3,(H,19,21). The predicted octanol–water partition coefficient (Wildman–Crippen LogP) is 3.16. The lowest BCUT2D eigenvalue weighted by Gasteiger charge is -2.32. The molecule has 120 valence electrons. The lowest BCUT2D eigenvalue weighted by Crippen LogP contribution is -2.46. The van der Waals surface area contributed by atoms with Gasteiger partial charge in [0, 0.05) is 36.5 Å². The van der Waals surface area contributed by atoms with Gasteiger partial charge in [-0.15, -0.1) is 11.3 Å². The summed E-state index contributed by atoms with van der Waals surface area (Å²) in [6.07, 6.45) is 1.64. The number of hydrogen-bond donors (Lipinski definition) is 1. The van der Waals surface area contributed by atoms with Crippen molar-refractivity contribution in [2.75, 3.05) is 13.1 Å². The quantitative estimate of drug-likeness (QED) is 0.941. The Morgan fingerprint density at radius 3 is 2.39 bits per heavy atom. The molecule has 0 radical (unpaired) electrons. The van der Waals surface area contributed by atoms with Gasteiger partial charge in [-0.2, -0.15) is 0 Å². The number of piperidine rings is 1. The molecule has 23 heavy (non-hydrogen) atoms. The fourth-order valence-electron chi connectivity index (χ4n) is 2.92. The third kappa shape index (κ3) is 3.79. The molecule has 1 aromatic carbocycles. The maximum atomic E-state index is 12.6. The highest BCUT2D eigenvalue weighted by molar-refractivity contribution is 7.13. The molecule has 0 bridgehead atoms. The van der Waals surface area contributed by atoms with E-state index in [-0.39, 0.29) is 17.9 Å². The van der Waals surface area contributed by atoms with Gasteiger partial charge in [0.2, 0.25) is 5.91 Å². The summed E-state index contributed by atoms with van der Waals surface area (Å²) in [6.45, 7) is 2.92. The van der Waals surface area contributed by atoms with E-state index in [1.165, 1.54) is 11.8 Å². The van der Waals surface area contributed by atoms with Crippen LogP contribution in [0.4, 0.5) is 0 Å². The van der Waals surface area contributed by atoms with E-state index < -0.39 is 0 Å². The topological polar surface area (TPSA) is 49.4 Å². The summed E-state index contributed by atoms with van der Waals surface area (Å²) in [5.74, 6) is 0.0722. The summed E-state index contributed by atoms with van der Waals surface area (Å²) in [7, 11) is 0. The number of likely N-dealkylation sites (tertiary alicyclic amines) is 1. The van der Waals surface area contributed by atoms with Gasteiger partial charge in [0.05, 0.1) is 0 Å². The Hall–Kier alpha value is -2.14. The third-order valence-corrected chi connectivity index (χ3v) is 5.05. The molecule has 1 N–H and O–H groups in total. The van der Waals surface area contributed by atoms with Gasteiger partial charge >= 0.3 is 0 Å². The van der Waals surface area contributed by atoms with Crippen LogP contribution < -0.4 is 5.32 Å². The second-order valence-corrected chi connectivity index (χ2v) is 6.77. The van der Waals surface area contributed by atoms with Gasteiger partial charge < -0.3 is 10.2 Å². The molecule has 0 saturated carbocycles. The fraction of sp³-hybridized carbons (Fsp3) is 0.333. The molecule has 1 aliphatic rings. The summed E-state index contributed by atoms with van der Waals surface area (Å²) in [4.78, 5) is 26.7. The van der Waals surface area contributed by atoms with Gasteiger partial charge in [-0.05, 0) is 42.0 Å². The first-order valence-corrected chi connectivity index (χ1v) is 8.72. The van der Waals surface area contributed by atoms with Crippen LogP contribution in [0.5, 0.6) is 0 Å². The Kier molecular flexibility index (Phi) is 4.76. The molecule has 1 saturated heterocycles. The van der Waals surface area contributed by atoms with Crippen molar-refractivity contribution in [3.63, 3.8) is 0 Å². The van der Waals surface area contributed by atoms with E-state index in [1.54, 1.807) is 11.3 Å². The Morgan fingerprint density at radius 2 is 1.83 bits per heavy atom. The van der Waals surface area contributed by atoms with Crippen LogP contribution in [-0.4, -0.2) is 35.8 Å². The maximum absolute atomic E-state index is 12.6. The molecule has 4 nitrogen and oxygen atoms in total. The van der Waals surface area contributed by atoms with Crippen LogP contribution in [0.3, 0.4) is 0 Å². The number of rotatable bonds is 3. The smallest absolute Gasteiger partial charge is 0.253 e. The van der Waals surface area contributed by atoms with Crippen molar-refractivity contribution >= 4 is 23.2 Å². The van der Waals surface area contributed by atoms with Crippen molar-refractivity contribution in [1.29, 1.82) is 0 Å². The summed E-state index contributed by atoms with van der Waals surface area (Å²) in [5, 5.41) is 4.98. The summed E-state index contributed by atoms with van der Waals surface area (Å²) in [6, 6.07) is 12.1. The average molecular weight is 328 g/mol. The minimum atomic E-state index is -0.000979. The molecular weight excluding hydrogens is 308 g/mol. The van der Waals surface area contributed by atoms with Crippen LogP contribution in [0, 0.1) is 0 Å². The zero-order valence-electron chi connectivity index (χ0n) is 13.1. The lowest BCUT2D eigenvalue weighted by molar-refractivity contribution is -0.119. The molecule has 3 rings (SSSR count). The number of thiophene rings is 1. The first-order chi connectivity index (χ1) is 11.1. The highest BCUT2D eigenvalue weighted by atomic mass is 32.1. The van der Waals surface area contributed by atoms with Crippen molar-refractivity contribution in [3.8, 4) is 10.4 Å². The molecule has 1 aromatic heterocycles. The first-order valence-electron chi connectivity index (χ1n) is 7.84. The van der Waals surface area contributed by atoms with E-state index in [4.69, 9.17) is 0 Å². The predicted molar refractivity (Wildman–Crippen MR) is 92.5 cm³/mol. The number of benzene rings is 1. The summed E-state index contributed by atoms with van der Waals surface area (Å²) >= 11 is 1.69. The molecule has 2 heterocycles. The number of carbonyl (C=O) groups excluding carboxylic acids is 2. The maximum Gasteiger partial charge on any atom is 0.253 e. The minimum absolute atomic E-state index is 0.000979. The Bertz CT molecular complexity index is 672. The molecule has 0 unspecified atom stereocenters. The van der Waals surface area contributed by atoms with Crippen molar-refractivity contribution in [1.82, 2.24) is 10.2 Å². The summed E-state index contributed by atoms with van der Waals surface area (Å²) in [5.41, 5.74) is 1.86. The van der Waals surface area contributed by atoms with Crippen LogP contribution in [-0.2, 0) is 4.79 Å². The van der Waals surface area contributed by atoms with Gasteiger partial charge in [-0.3, -0.25) is 9.59 Å². The van der Waals surface area contributed by atoms with E-state index in [1.807, 2.05) is 40.6 Å². The van der Waals surface area contributed by atoms with Crippen molar-refractivity contribution in [2.24, 2.45) is 0 Å². The van der Waals surface area contributed by atoms with Gasteiger partial charge in [0.25, 0.3) is 5.91 Å². The van der Waals surface area contributed by atoms with Crippen molar-refractivity contribution < 1.29 is 9.59 Å². The second kappa shape index (κ2) is 6.96. The number of amides is 2. The molecular formula is C18H20N2O2S. The lowest BCUT2D eigenvalue weighted by atomic mass is 10.0. The highest BCUT2D eigenvalue weighted by Crippen LogP contribution is 2.25. The average Bonchev–Trinajstić information content (AvgIpc) is 3.09. The largest absolute Gasteiger partial charge is 0.353 e. The molecule has 0 atom stereocenters. The molecule has 1 aliphatic heterocycles. The van der Waals surface area contributed by atoms with E-state index in [0.29, 0.717) is 13.1 Å². The van der Waals surface area contributed by atoms with Gasteiger partial charge in [-0.1, -0.05) is 18.2 Å². The zero-order valence-corrected chi connectivity index (χ0v) is 13.9. The Labute approximate surface area is 140 Å². The molecule has 1 fully saturated rings. The molecule has 0 spiro atoms. The SMILES string of the molecule is CC(=O)NC1CCN(C(=O)c2ccc(-c3cccs3)cc2)CC1. The van der Waals surface area contributed by atoms with E-state index in [9.17, 15) is 9.59 Å². The zero-order chi connectivity index (χ0) is 16.2. The van der Waals surface area contributed by atoms with Gasteiger partial charge in [0.15, 0.2) is 0 Å². The van der Waals surface area contributed by atoms with Crippen LogP contribution in [0.1, 0.15) is 30.1 Å². The fourth-order valence-corrected chi connectivity index (χ4v) is 3.65. The van der Waals surface area contributed by atoms with Crippen LogP contribution in [0.2, 0.25) is 0 Å². The van der Waals surface area contributed by atoms with Crippen LogP contribution >= 0.6 is 11.3 Å². The third-order valence-electron chi connectivity index (χ3n) is 4.13. The van der Waals surface area contributed by atoms with Crippen molar-refractivity contribution in [2.45, 2.75) is 25.8 Å². The number of carbonyl (C=O) groups is 2. The molecule has 2 amide bonds. The number of nitrogens with one attached hydrogen (secondary N) is 1. The highest BCUT2D eigenvalue weighted by Gasteiger charge is 2.23. The molecule has 2 aromatic rings. The minimum Gasteiger partial charge on any atom is -0.353 e. The first kappa shape index (κ1) is 15.7. The molecule has 0 aliphatic carbocycles. The number of hydrogen-bond acceptors (Lipinski definition) is 3. The monoisotopic (exact) mass is 328 g/mol. The Balaban J connectivity index is 1.61. The van der Waals surface area contributed by atoms with Gasteiger partial charge in [-0.25, -0.2) is 0 Å². The normalized spacial score (nSPS) is 15.4. The van der Waals surface area contributed by atoms with E-state index in [0.717, 1.165) is 24.0 Å². The molecule has 5 heteroatoms. The van der Waals surface area contributed by atoms with Gasteiger partial charge in [0.1, 0.15) is 0 Å². The van der Waals surface area contributed by atoms with Crippen LogP contribution in [0.25, 0.3) is 10.4 Å². The second-order valence-electron chi connectivity index (χ2n) is 5.82. The van der Waals surface area contributed by atoms with Crippen LogP contribution in [0.15, 0.2) is 41.8 Å².